The molecular weight excluding hydrogens is 224 g/mol. The lowest BCUT2D eigenvalue weighted by molar-refractivity contribution is -0.253. The van der Waals surface area contributed by atoms with Gasteiger partial charge in [0.1, 0.15) is 5.75 Å². The molecule has 0 unspecified atom stereocenters. The first-order chi connectivity index (χ1) is 6.42. The summed E-state index contributed by atoms with van der Waals surface area (Å²) < 4.78 is 51.8. The number of hydrogen-bond acceptors (Lipinski definition) is 1. The second kappa shape index (κ2) is 4.04. The van der Waals surface area contributed by atoms with Crippen LogP contribution >= 0.6 is 11.6 Å². The molecule has 0 heterocycles. The minimum Gasteiger partial charge on any atom is -0.428 e. The average Bonchev–Trinajstić information content (AvgIpc) is 2.02. The fourth-order valence-corrected chi connectivity index (χ4v) is 0.854. The van der Waals surface area contributed by atoms with Crippen LogP contribution in [0.4, 0.5) is 17.6 Å². The lowest BCUT2D eigenvalue weighted by atomic mass is 10.3. The Hall–Kier alpha value is -0.970. The Labute approximate surface area is 82.2 Å². The van der Waals surface area contributed by atoms with Crippen LogP contribution in [-0.2, 0) is 0 Å². The SMILES string of the molecule is FC(F)C(F)(F)Oc1c[c]cc(Cl)c1. The maximum absolute atomic E-state index is 12.3. The van der Waals surface area contributed by atoms with Crippen molar-refractivity contribution in [3.8, 4) is 5.75 Å². The van der Waals surface area contributed by atoms with E-state index in [1.807, 2.05) is 0 Å². The Morgan fingerprint density at radius 2 is 2.00 bits per heavy atom. The molecule has 0 saturated heterocycles. The Morgan fingerprint density at radius 3 is 2.50 bits per heavy atom. The largest absolute Gasteiger partial charge is 0.461 e. The van der Waals surface area contributed by atoms with Crippen LogP contribution in [0.3, 0.4) is 0 Å². The summed E-state index contributed by atoms with van der Waals surface area (Å²) in [7, 11) is 0. The molecule has 0 spiro atoms. The lowest BCUT2D eigenvalue weighted by Gasteiger charge is -2.16. The van der Waals surface area contributed by atoms with Crippen molar-refractivity contribution in [1.29, 1.82) is 0 Å². The molecule has 1 aromatic carbocycles. The van der Waals surface area contributed by atoms with Gasteiger partial charge in [-0.15, -0.1) is 0 Å². The summed E-state index contributed by atoms with van der Waals surface area (Å²) in [6, 6.07) is 5.62. The summed E-state index contributed by atoms with van der Waals surface area (Å²) in [5, 5.41) is 0.0765. The summed E-state index contributed by atoms with van der Waals surface area (Å²) in [6.45, 7) is 0. The quantitative estimate of drug-likeness (QED) is 0.720. The predicted octanol–water partition coefficient (Wildman–Crippen LogP) is 3.38. The number of ether oxygens (including phenoxy) is 1. The molecule has 0 aliphatic rings. The Kier molecular flexibility index (Phi) is 3.21. The highest BCUT2D eigenvalue weighted by atomic mass is 35.5. The van der Waals surface area contributed by atoms with Gasteiger partial charge in [-0.1, -0.05) is 11.6 Å². The van der Waals surface area contributed by atoms with Crippen LogP contribution in [0.2, 0.25) is 5.02 Å². The van der Waals surface area contributed by atoms with Gasteiger partial charge < -0.3 is 4.74 Å². The second-order valence-electron chi connectivity index (χ2n) is 2.35. The van der Waals surface area contributed by atoms with Crippen LogP contribution < -0.4 is 4.74 Å². The summed E-state index contributed by atoms with van der Waals surface area (Å²) in [4.78, 5) is 0. The molecule has 0 bridgehead atoms. The van der Waals surface area contributed by atoms with Gasteiger partial charge in [-0.25, -0.2) is 0 Å². The Bertz CT molecular complexity index is 316. The fraction of sp³-hybridized carbons (Fsp3) is 0.250. The fourth-order valence-electron chi connectivity index (χ4n) is 0.683. The van der Waals surface area contributed by atoms with Gasteiger partial charge in [-0.05, 0) is 24.3 Å². The second-order valence-corrected chi connectivity index (χ2v) is 2.79. The van der Waals surface area contributed by atoms with Crippen molar-refractivity contribution in [2.24, 2.45) is 0 Å². The third kappa shape index (κ3) is 2.77. The third-order valence-corrected chi connectivity index (χ3v) is 1.45. The zero-order valence-corrected chi connectivity index (χ0v) is 7.36. The highest BCUT2D eigenvalue weighted by Gasteiger charge is 2.43. The molecule has 0 saturated carbocycles. The van der Waals surface area contributed by atoms with Crippen molar-refractivity contribution in [2.75, 3.05) is 0 Å². The number of hydrogen-bond donors (Lipinski definition) is 0. The van der Waals surface area contributed by atoms with E-state index in [1.165, 1.54) is 6.07 Å². The Morgan fingerprint density at radius 1 is 1.36 bits per heavy atom. The van der Waals surface area contributed by atoms with E-state index in [0.29, 0.717) is 0 Å². The van der Waals surface area contributed by atoms with Crippen molar-refractivity contribution in [3.63, 3.8) is 0 Å². The minimum atomic E-state index is -4.52. The van der Waals surface area contributed by atoms with Gasteiger partial charge in [0, 0.05) is 5.02 Å². The van der Waals surface area contributed by atoms with E-state index in [9.17, 15) is 17.6 Å². The first-order valence-electron chi connectivity index (χ1n) is 3.43. The van der Waals surface area contributed by atoms with Crippen molar-refractivity contribution in [3.05, 3.63) is 29.3 Å². The summed E-state index contributed by atoms with van der Waals surface area (Å²) >= 11 is 5.41. The molecule has 0 fully saturated rings. The van der Waals surface area contributed by atoms with Gasteiger partial charge in [0.15, 0.2) is 0 Å². The lowest BCUT2D eigenvalue weighted by Crippen LogP contribution is -2.33. The van der Waals surface area contributed by atoms with Gasteiger partial charge in [0.2, 0.25) is 0 Å². The van der Waals surface area contributed by atoms with E-state index in [2.05, 4.69) is 10.8 Å². The molecule has 0 atom stereocenters. The maximum atomic E-state index is 12.3. The van der Waals surface area contributed by atoms with Crippen LogP contribution in [0.15, 0.2) is 18.2 Å². The van der Waals surface area contributed by atoms with Crippen LogP contribution in [0.1, 0.15) is 0 Å². The van der Waals surface area contributed by atoms with Gasteiger partial charge in [-0.3, -0.25) is 0 Å². The van der Waals surface area contributed by atoms with Gasteiger partial charge in [-0.2, -0.15) is 17.6 Å². The van der Waals surface area contributed by atoms with Crippen LogP contribution in [-0.4, -0.2) is 12.5 Å². The van der Waals surface area contributed by atoms with Gasteiger partial charge in [0.25, 0.3) is 0 Å². The van der Waals surface area contributed by atoms with E-state index in [4.69, 9.17) is 11.6 Å². The third-order valence-electron chi connectivity index (χ3n) is 1.23. The molecule has 0 amide bonds. The topological polar surface area (TPSA) is 9.23 Å². The molecule has 1 aromatic rings. The first kappa shape index (κ1) is 11.1. The maximum Gasteiger partial charge on any atom is 0.461 e. The molecule has 14 heavy (non-hydrogen) atoms. The smallest absolute Gasteiger partial charge is 0.428 e. The molecule has 0 N–H and O–H groups in total. The zero-order chi connectivity index (χ0) is 10.8. The number of rotatable bonds is 3. The monoisotopic (exact) mass is 227 g/mol. The normalized spacial score (nSPS) is 11.9. The molecule has 0 aliphatic carbocycles. The van der Waals surface area contributed by atoms with E-state index in [0.717, 1.165) is 12.1 Å². The van der Waals surface area contributed by atoms with Crippen molar-refractivity contribution in [2.45, 2.75) is 12.5 Å². The molecule has 6 heteroatoms. The summed E-state index contributed by atoms with van der Waals surface area (Å²) in [5.41, 5.74) is 0. The van der Waals surface area contributed by atoms with Crippen LogP contribution in [0, 0.1) is 6.07 Å². The standard InChI is InChI=1S/C8H4ClF4O/c9-5-2-1-3-6(4-5)14-8(12,13)7(10)11/h2-4,7H. The van der Waals surface area contributed by atoms with Crippen LogP contribution in [0.5, 0.6) is 5.75 Å². The summed E-state index contributed by atoms with van der Waals surface area (Å²) in [5.74, 6) is -0.456. The minimum absolute atomic E-state index is 0.0765. The van der Waals surface area contributed by atoms with Crippen molar-refractivity contribution >= 4 is 11.6 Å². The molecule has 1 rings (SSSR count). The molecule has 0 aromatic heterocycles. The number of benzene rings is 1. The molecule has 77 valence electrons. The molecule has 1 radical (unpaired) electrons. The van der Waals surface area contributed by atoms with E-state index in [-0.39, 0.29) is 5.02 Å². The molecular formula is C8H4ClF4O. The number of alkyl halides is 4. The highest BCUT2D eigenvalue weighted by molar-refractivity contribution is 6.30. The van der Waals surface area contributed by atoms with E-state index in [1.54, 1.807) is 0 Å². The van der Waals surface area contributed by atoms with E-state index >= 15 is 0 Å². The van der Waals surface area contributed by atoms with Crippen molar-refractivity contribution < 1.29 is 22.3 Å². The predicted molar refractivity (Wildman–Crippen MR) is 41.9 cm³/mol. The van der Waals surface area contributed by atoms with E-state index < -0.39 is 18.3 Å². The summed E-state index contributed by atoms with van der Waals surface area (Å²) in [6.07, 6.45) is -8.40. The average molecular weight is 228 g/mol. The first-order valence-corrected chi connectivity index (χ1v) is 3.81. The zero-order valence-electron chi connectivity index (χ0n) is 6.61. The van der Waals surface area contributed by atoms with Crippen molar-refractivity contribution in [1.82, 2.24) is 0 Å². The molecule has 0 aliphatic heterocycles. The highest BCUT2D eigenvalue weighted by Crippen LogP contribution is 2.28. The van der Waals surface area contributed by atoms with Gasteiger partial charge >= 0.3 is 12.5 Å². The van der Waals surface area contributed by atoms with Crippen LogP contribution in [0.25, 0.3) is 0 Å². The Balaban J connectivity index is 2.78. The van der Waals surface area contributed by atoms with Gasteiger partial charge in [0.05, 0.1) is 0 Å². The number of halogens is 5. The molecule has 1 nitrogen and oxygen atoms in total.